The van der Waals surface area contributed by atoms with E-state index in [0.29, 0.717) is 6.42 Å². The Bertz CT molecular complexity index is 453. The molecule has 0 bridgehead atoms. The number of thioether (sulfide) groups is 1. The van der Waals surface area contributed by atoms with Gasteiger partial charge in [-0.2, -0.15) is 0 Å². The van der Waals surface area contributed by atoms with Crippen molar-refractivity contribution in [3.63, 3.8) is 0 Å². The van der Waals surface area contributed by atoms with E-state index in [4.69, 9.17) is 0 Å². The highest BCUT2D eigenvalue weighted by molar-refractivity contribution is 8.14. The molecular weight excluding hydrogens is 242 g/mol. The van der Waals surface area contributed by atoms with Crippen LogP contribution in [0.3, 0.4) is 0 Å². The van der Waals surface area contributed by atoms with Gasteiger partial charge in [0.15, 0.2) is 5.12 Å². The summed E-state index contributed by atoms with van der Waals surface area (Å²) in [4.78, 5) is 12.0. The quantitative estimate of drug-likeness (QED) is 0.901. The minimum absolute atomic E-state index is 0.191. The van der Waals surface area contributed by atoms with Gasteiger partial charge >= 0.3 is 0 Å². The Kier molecular flexibility index (Phi) is 4.79. The van der Waals surface area contributed by atoms with Crippen molar-refractivity contribution in [2.45, 2.75) is 17.7 Å². The number of carbonyl (C=O) groups excluding carboxylic acids is 1. The zero-order valence-electron chi connectivity index (χ0n) is 10.4. The fourth-order valence-electron chi connectivity index (χ4n) is 1.92. The van der Waals surface area contributed by atoms with Crippen molar-refractivity contribution in [2.24, 2.45) is 0 Å². The van der Waals surface area contributed by atoms with Crippen molar-refractivity contribution in [2.75, 3.05) is 7.05 Å². The molecule has 94 valence electrons. The van der Waals surface area contributed by atoms with Gasteiger partial charge in [0.2, 0.25) is 0 Å². The summed E-state index contributed by atoms with van der Waals surface area (Å²) < 4.78 is 0. The zero-order chi connectivity index (χ0) is 12.8. The Balaban J connectivity index is 1.91. The van der Waals surface area contributed by atoms with Gasteiger partial charge in [-0.25, -0.2) is 0 Å². The number of likely N-dealkylation sites (N-methyl/N-ethyl adjacent to an activating group) is 1. The normalized spacial score (nSPS) is 22.1. The third kappa shape index (κ3) is 3.59. The number of carbonyl (C=O) groups is 1. The molecule has 2 nitrogen and oxygen atoms in total. The van der Waals surface area contributed by atoms with Crippen LogP contribution in [0.25, 0.3) is 0 Å². The van der Waals surface area contributed by atoms with Gasteiger partial charge < -0.3 is 5.32 Å². The van der Waals surface area contributed by atoms with Gasteiger partial charge in [0, 0.05) is 17.7 Å². The van der Waals surface area contributed by atoms with E-state index in [1.807, 2.05) is 49.5 Å². The molecule has 0 heterocycles. The summed E-state index contributed by atoms with van der Waals surface area (Å²) >= 11 is 1.41. The predicted octanol–water partition coefficient (Wildman–Crippen LogP) is 2.57. The summed E-state index contributed by atoms with van der Waals surface area (Å²) in [6, 6.07) is 10.1. The number of nitrogens with one attached hydrogen (secondary N) is 1. The van der Waals surface area contributed by atoms with Gasteiger partial charge in [0.1, 0.15) is 0 Å². The molecule has 0 fully saturated rings. The van der Waals surface area contributed by atoms with Crippen LogP contribution in [-0.2, 0) is 11.2 Å². The van der Waals surface area contributed by atoms with E-state index in [2.05, 4.69) is 17.5 Å². The molecule has 2 rings (SSSR count). The maximum absolute atomic E-state index is 12.0. The Labute approximate surface area is 112 Å². The minimum atomic E-state index is 0.191. The minimum Gasteiger partial charge on any atom is -0.312 e. The maximum atomic E-state index is 12.0. The van der Waals surface area contributed by atoms with E-state index in [-0.39, 0.29) is 16.4 Å². The van der Waals surface area contributed by atoms with Crippen molar-refractivity contribution in [3.05, 3.63) is 60.2 Å². The van der Waals surface area contributed by atoms with Crippen molar-refractivity contribution in [1.29, 1.82) is 0 Å². The maximum Gasteiger partial charge on any atom is 0.193 e. The Morgan fingerprint density at radius 1 is 1.22 bits per heavy atom. The molecule has 3 heteroatoms. The van der Waals surface area contributed by atoms with Crippen LogP contribution in [0.15, 0.2) is 54.6 Å². The van der Waals surface area contributed by atoms with Gasteiger partial charge in [-0.3, -0.25) is 4.79 Å². The first kappa shape index (κ1) is 13.1. The third-order valence-electron chi connectivity index (χ3n) is 2.88. The average molecular weight is 259 g/mol. The smallest absolute Gasteiger partial charge is 0.193 e. The first-order valence-corrected chi connectivity index (χ1v) is 6.93. The summed E-state index contributed by atoms with van der Waals surface area (Å²) in [5.74, 6) is 0. The summed E-state index contributed by atoms with van der Waals surface area (Å²) in [5, 5.41) is 3.62. The second-order valence-corrected chi connectivity index (χ2v) is 5.44. The molecule has 0 spiro atoms. The molecule has 2 atom stereocenters. The van der Waals surface area contributed by atoms with E-state index in [1.54, 1.807) is 0 Å². The highest BCUT2D eigenvalue weighted by atomic mass is 32.2. The van der Waals surface area contributed by atoms with Crippen molar-refractivity contribution >= 4 is 16.9 Å². The Hall–Kier alpha value is -1.32. The molecule has 0 amide bonds. The second kappa shape index (κ2) is 6.57. The molecule has 18 heavy (non-hydrogen) atoms. The van der Waals surface area contributed by atoms with Gasteiger partial charge in [-0.1, -0.05) is 66.4 Å². The number of benzene rings is 1. The third-order valence-corrected chi connectivity index (χ3v) is 4.01. The van der Waals surface area contributed by atoms with E-state index in [0.717, 1.165) is 5.56 Å². The van der Waals surface area contributed by atoms with Crippen LogP contribution in [0.2, 0.25) is 0 Å². The highest BCUT2D eigenvalue weighted by Gasteiger charge is 2.20. The molecule has 1 aliphatic carbocycles. The first-order chi connectivity index (χ1) is 8.79. The molecule has 1 N–H and O–H groups in total. The van der Waals surface area contributed by atoms with Crippen LogP contribution in [-0.4, -0.2) is 23.5 Å². The van der Waals surface area contributed by atoms with Gasteiger partial charge in [0.25, 0.3) is 0 Å². The molecule has 0 saturated carbocycles. The Morgan fingerprint density at radius 3 is 2.67 bits per heavy atom. The number of hydrogen-bond acceptors (Lipinski definition) is 3. The lowest BCUT2D eigenvalue weighted by Gasteiger charge is -2.22. The van der Waals surface area contributed by atoms with E-state index < -0.39 is 0 Å². The van der Waals surface area contributed by atoms with Crippen molar-refractivity contribution in [3.8, 4) is 0 Å². The number of allylic oxidation sites excluding steroid dienone is 2. The van der Waals surface area contributed by atoms with Crippen molar-refractivity contribution < 1.29 is 4.79 Å². The molecule has 2 unspecified atom stereocenters. The first-order valence-electron chi connectivity index (χ1n) is 6.05. The molecule has 1 aromatic carbocycles. The topological polar surface area (TPSA) is 29.1 Å². The number of hydrogen-bond donors (Lipinski definition) is 1. The lowest BCUT2D eigenvalue weighted by Crippen LogP contribution is -2.34. The van der Waals surface area contributed by atoms with Crippen LogP contribution < -0.4 is 5.32 Å². The van der Waals surface area contributed by atoms with E-state index in [9.17, 15) is 4.79 Å². The molecule has 0 radical (unpaired) electrons. The van der Waals surface area contributed by atoms with Crippen LogP contribution in [0.5, 0.6) is 0 Å². The van der Waals surface area contributed by atoms with Crippen LogP contribution >= 0.6 is 11.8 Å². The molecular formula is C15H17NOS. The SMILES string of the molecule is CNC1C=CC=CC1SC(=O)Cc1ccccc1. The molecule has 1 aliphatic rings. The summed E-state index contributed by atoms with van der Waals surface area (Å²) in [6.45, 7) is 0. The molecule has 0 aliphatic heterocycles. The lowest BCUT2D eigenvalue weighted by molar-refractivity contribution is -0.110. The molecule has 1 aromatic rings. The number of rotatable bonds is 4. The average Bonchev–Trinajstić information content (AvgIpc) is 2.40. The van der Waals surface area contributed by atoms with Gasteiger partial charge in [-0.05, 0) is 12.6 Å². The highest BCUT2D eigenvalue weighted by Crippen LogP contribution is 2.22. The lowest BCUT2D eigenvalue weighted by atomic mass is 10.1. The Morgan fingerprint density at radius 2 is 1.94 bits per heavy atom. The molecule has 0 saturated heterocycles. The van der Waals surface area contributed by atoms with Gasteiger partial charge in [-0.15, -0.1) is 0 Å². The summed E-state index contributed by atoms with van der Waals surface area (Å²) in [5.41, 5.74) is 1.08. The predicted molar refractivity (Wildman–Crippen MR) is 77.7 cm³/mol. The second-order valence-electron chi connectivity index (χ2n) is 4.20. The molecule has 0 aromatic heterocycles. The largest absolute Gasteiger partial charge is 0.312 e. The zero-order valence-corrected chi connectivity index (χ0v) is 11.2. The van der Waals surface area contributed by atoms with Crippen LogP contribution in [0.1, 0.15) is 5.56 Å². The van der Waals surface area contributed by atoms with Crippen molar-refractivity contribution in [1.82, 2.24) is 5.32 Å². The summed E-state index contributed by atoms with van der Waals surface area (Å²) in [7, 11) is 1.92. The van der Waals surface area contributed by atoms with Crippen LogP contribution in [0, 0.1) is 0 Å². The van der Waals surface area contributed by atoms with Crippen LogP contribution in [0.4, 0.5) is 0 Å². The van der Waals surface area contributed by atoms with Gasteiger partial charge in [0.05, 0.1) is 0 Å². The fourth-order valence-corrected chi connectivity index (χ4v) is 3.01. The standard InChI is InChI=1S/C15H17NOS/c1-16-13-9-5-6-10-14(13)18-15(17)11-12-7-3-2-4-8-12/h2-10,13-14,16H,11H2,1H3. The monoisotopic (exact) mass is 259 g/mol. The summed E-state index contributed by atoms with van der Waals surface area (Å²) in [6.07, 6.45) is 8.68. The fraction of sp³-hybridized carbons (Fsp3) is 0.267. The van der Waals surface area contributed by atoms with E-state index in [1.165, 1.54) is 11.8 Å². The van der Waals surface area contributed by atoms with E-state index >= 15 is 0 Å².